The molecule has 4 rings (SSSR count). The van der Waals surface area contributed by atoms with Gasteiger partial charge in [0.1, 0.15) is 11.6 Å². The second-order valence-electron chi connectivity index (χ2n) is 6.40. The van der Waals surface area contributed by atoms with Gasteiger partial charge in [-0.25, -0.2) is 4.39 Å². The van der Waals surface area contributed by atoms with Crippen molar-refractivity contribution in [2.45, 2.75) is 25.4 Å². The van der Waals surface area contributed by atoms with Gasteiger partial charge in [0.25, 0.3) is 5.91 Å². The van der Waals surface area contributed by atoms with Crippen molar-refractivity contribution in [3.63, 3.8) is 0 Å². The summed E-state index contributed by atoms with van der Waals surface area (Å²) in [5.41, 5.74) is 1.28. The molecule has 0 radical (unpaired) electrons. The standard InChI is InChI=1S/C20H18FN3O3/c21-18-4-2-1-3-15(18)11-24(16-7-8-16)19(25)12-26-17-9-5-14(6-10-17)20-23-22-13-27-20/h1-6,9-10,13,16H,7-8,11-12H2. The molecule has 0 spiro atoms. The van der Waals surface area contributed by atoms with E-state index in [1.807, 2.05) is 0 Å². The molecule has 1 fully saturated rings. The van der Waals surface area contributed by atoms with Crippen LogP contribution >= 0.6 is 0 Å². The molecule has 1 saturated carbocycles. The summed E-state index contributed by atoms with van der Waals surface area (Å²) < 4.78 is 24.7. The molecule has 1 heterocycles. The number of aromatic nitrogens is 2. The van der Waals surface area contributed by atoms with Gasteiger partial charge in [0.05, 0.1) is 0 Å². The van der Waals surface area contributed by atoms with Crippen molar-refractivity contribution in [3.05, 3.63) is 66.3 Å². The minimum Gasteiger partial charge on any atom is -0.484 e. The molecule has 1 aliphatic carbocycles. The fourth-order valence-corrected chi connectivity index (χ4v) is 2.84. The van der Waals surface area contributed by atoms with Gasteiger partial charge in [0.2, 0.25) is 12.3 Å². The molecular formula is C20H18FN3O3. The third-order valence-corrected chi connectivity index (χ3v) is 4.43. The molecule has 1 aliphatic rings. The summed E-state index contributed by atoms with van der Waals surface area (Å²) in [5.74, 6) is 0.533. The minimum absolute atomic E-state index is 0.0924. The summed E-state index contributed by atoms with van der Waals surface area (Å²) in [6.45, 7) is 0.167. The molecule has 0 aliphatic heterocycles. The van der Waals surface area contributed by atoms with Crippen molar-refractivity contribution < 1.29 is 18.3 Å². The van der Waals surface area contributed by atoms with Crippen molar-refractivity contribution >= 4 is 5.91 Å². The summed E-state index contributed by atoms with van der Waals surface area (Å²) in [5, 5.41) is 7.48. The average Bonchev–Trinajstić information content (AvgIpc) is 3.38. The molecule has 7 heteroatoms. The van der Waals surface area contributed by atoms with Crippen molar-refractivity contribution in [2.24, 2.45) is 0 Å². The van der Waals surface area contributed by atoms with Gasteiger partial charge in [-0.15, -0.1) is 10.2 Å². The number of ether oxygens (including phenoxy) is 1. The Morgan fingerprint density at radius 3 is 2.63 bits per heavy atom. The van der Waals surface area contributed by atoms with Gasteiger partial charge in [-0.05, 0) is 43.2 Å². The minimum atomic E-state index is -0.298. The number of rotatable bonds is 7. The van der Waals surface area contributed by atoms with Gasteiger partial charge in [-0.3, -0.25) is 4.79 Å². The summed E-state index contributed by atoms with van der Waals surface area (Å²) in [6.07, 6.45) is 3.15. The number of carbonyl (C=O) groups excluding carboxylic acids is 1. The smallest absolute Gasteiger partial charge is 0.261 e. The van der Waals surface area contributed by atoms with Gasteiger partial charge < -0.3 is 14.1 Å². The molecule has 1 aromatic heterocycles. The third-order valence-electron chi connectivity index (χ3n) is 4.43. The fraction of sp³-hybridized carbons (Fsp3) is 0.250. The number of carbonyl (C=O) groups is 1. The largest absolute Gasteiger partial charge is 0.484 e. The maximum atomic E-state index is 13.9. The van der Waals surface area contributed by atoms with Crippen LogP contribution in [0, 0.1) is 5.82 Å². The first-order valence-corrected chi connectivity index (χ1v) is 8.73. The van der Waals surface area contributed by atoms with Crippen LogP contribution in [0.1, 0.15) is 18.4 Å². The van der Waals surface area contributed by atoms with Gasteiger partial charge in [0, 0.05) is 23.7 Å². The van der Waals surface area contributed by atoms with E-state index in [9.17, 15) is 9.18 Å². The fourth-order valence-electron chi connectivity index (χ4n) is 2.84. The zero-order chi connectivity index (χ0) is 18.6. The molecule has 0 unspecified atom stereocenters. The SMILES string of the molecule is O=C(COc1ccc(-c2nnco2)cc1)N(Cc1ccccc1F)C1CC1. The predicted octanol–water partition coefficient (Wildman–Crippen LogP) is 3.45. The second kappa shape index (κ2) is 7.57. The highest BCUT2D eigenvalue weighted by molar-refractivity contribution is 5.78. The second-order valence-corrected chi connectivity index (χ2v) is 6.40. The van der Waals surface area contributed by atoms with Crippen LogP contribution in [-0.4, -0.2) is 33.7 Å². The summed E-state index contributed by atoms with van der Waals surface area (Å²) >= 11 is 0. The highest BCUT2D eigenvalue weighted by atomic mass is 19.1. The van der Waals surface area contributed by atoms with Crippen molar-refractivity contribution in [1.29, 1.82) is 0 Å². The topological polar surface area (TPSA) is 68.5 Å². The van der Waals surface area contributed by atoms with Crippen LogP contribution < -0.4 is 4.74 Å². The van der Waals surface area contributed by atoms with E-state index in [2.05, 4.69) is 10.2 Å². The number of benzene rings is 2. The number of nitrogens with zero attached hydrogens (tertiary/aromatic N) is 3. The first-order valence-electron chi connectivity index (χ1n) is 8.73. The Hall–Kier alpha value is -3.22. The van der Waals surface area contributed by atoms with Crippen LogP contribution in [0.25, 0.3) is 11.5 Å². The third kappa shape index (κ3) is 4.13. The molecule has 138 valence electrons. The first-order chi connectivity index (χ1) is 13.2. The molecule has 27 heavy (non-hydrogen) atoms. The van der Waals surface area contributed by atoms with Gasteiger partial charge in [-0.1, -0.05) is 18.2 Å². The highest BCUT2D eigenvalue weighted by Gasteiger charge is 2.33. The predicted molar refractivity (Wildman–Crippen MR) is 95.2 cm³/mol. The molecule has 2 aromatic carbocycles. The number of hydrogen-bond donors (Lipinski definition) is 0. The van der Waals surface area contributed by atoms with E-state index < -0.39 is 0 Å². The summed E-state index contributed by atoms with van der Waals surface area (Å²) in [4.78, 5) is 14.3. The van der Waals surface area contributed by atoms with Crippen molar-refractivity contribution in [3.8, 4) is 17.2 Å². The monoisotopic (exact) mass is 367 g/mol. The molecular weight excluding hydrogens is 349 g/mol. The highest BCUT2D eigenvalue weighted by Crippen LogP contribution is 2.29. The van der Waals surface area contributed by atoms with E-state index in [4.69, 9.17) is 9.15 Å². The van der Waals surface area contributed by atoms with Gasteiger partial charge in [0.15, 0.2) is 6.61 Å². The number of halogens is 1. The van der Waals surface area contributed by atoms with Gasteiger partial charge in [-0.2, -0.15) is 0 Å². The van der Waals surface area contributed by atoms with Crippen molar-refractivity contribution in [2.75, 3.05) is 6.61 Å². The van der Waals surface area contributed by atoms with E-state index in [1.54, 1.807) is 47.4 Å². The van der Waals surface area contributed by atoms with Crippen LogP contribution in [0.15, 0.2) is 59.3 Å². The van der Waals surface area contributed by atoms with E-state index in [0.717, 1.165) is 18.4 Å². The Balaban J connectivity index is 1.38. The lowest BCUT2D eigenvalue weighted by atomic mass is 10.2. The lowest BCUT2D eigenvalue weighted by Crippen LogP contribution is -2.36. The molecule has 3 aromatic rings. The number of amides is 1. The van der Waals surface area contributed by atoms with Crippen LogP contribution in [-0.2, 0) is 11.3 Å². The van der Waals surface area contributed by atoms with Crippen LogP contribution in [0.4, 0.5) is 4.39 Å². The summed E-state index contributed by atoms with van der Waals surface area (Å²) in [7, 11) is 0. The van der Waals surface area contributed by atoms with Gasteiger partial charge >= 0.3 is 0 Å². The molecule has 1 amide bonds. The van der Waals surface area contributed by atoms with Crippen molar-refractivity contribution in [1.82, 2.24) is 15.1 Å². The molecule has 0 atom stereocenters. The lowest BCUT2D eigenvalue weighted by Gasteiger charge is -2.23. The Bertz CT molecular complexity index is 908. The maximum absolute atomic E-state index is 13.9. The zero-order valence-electron chi connectivity index (χ0n) is 14.5. The Kier molecular flexibility index (Phi) is 4.82. The van der Waals surface area contributed by atoms with Crippen LogP contribution in [0.3, 0.4) is 0 Å². The van der Waals surface area contributed by atoms with E-state index in [0.29, 0.717) is 17.2 Å². The average molecular weight is 367 g/mol. The van der Waals surface area contributed by atoms with Crippen LogP contribution in [0.2, 0.25) is 0 Å². The zero-order valence-corrected chi connectivity index (χ0v) is 14.5. The van der Waals surface area contributed by atoms with E-state index in [1.165, 1.54) is 12.5 Å². The molecule has 0 saturated heterocycles. The first kappa shape index (κ1) is 17.2. The Morgan fingerprint density at radius 1 is 1.19 bits per heavy atom. The maximum Gasteiger partial charge on any atom is 0.261 e. The van der Waals surface area contributed by atoms with E-state index in [-0.39, 0.29) is 30.9 Å². The lowest BCUT2D eigenvalue weighted by molar-refractivity contribution is -0.134. The summed E-state index contributed by atoms with van der Waals surface area (Å²) in [6, 6.07) is 13.7. The molecule has 6 nitrogen and oxygen atoms in total. The quantitative estimate of drug-likeness (QED) is 0.640. The molecule has 0 N–H and O–H groups in total. The number of hydrogen-bond acceptors (Lipinski definition) is 5. The molecule has 0 bridgehead atoms. The van der Waals surface area contributed by atoms with E-state index >= 15 is 0 Å². The van der Waals surface area contributed by atoms with Crippen LogP contribution in [0.5, 0.6) is 5.75 Å². The normalized spacial score (nSPS) is 13.4. The Labute approximate surface area is 155 Å². The Morgan fingerprint density at radius 2 is 1.96 bits per heavy atom.